The average molecular weight is 295 g/mol. The van der Waals surface area contributed by atoms with Gasteiger partial charge in [0.05, 0.1) is 11.3 Å². The lowest BCUT2D eigenvalue weighted by Gasteiger charge is -2.13. The van der Waals surface area contributed by atoms with E-state index in [1.165, 1.54) is 0 Å². The standard InChI is InChI=1S/C13H21N5OS/c1-4-6-15-10(19)5-7-16-13-11(12(14)20)8(2)9(3)17-18-13/h4-7H2,1-3H3,(H2,14,20)(H,15,19)(H,16,18). The van der Waals surface area contributed by atoms with E-state index in [0.717, 1.165) is 17.7 Å². The van der Waals surface area contributed by atoms with Crippen LogP contribution in [0.4, 0.5) is 5.82 Å². The number of nitrogens with two attached hydrogens (primary N) is 1. The first-order valence-corrected chi connectivity index (χ1v) is 7.02. The van der Waals surface area contributed by atoms with Crippen molar-refractivity contribution in [1.29, 1.82) is 0 Å². The molecule has 1 heterocycles. The van der Waals surface area contributed by atoms with Gasteiger partial charge < -0.3 is 16.4 Å². The summed E-state index contributed by atoms with van der Waals surface area (Å²) >= 11 is 5.05. The zero-order valence-corrected chi connectivity index (χ0v) is 12.9. The number of aryl methyl sites for hydroxylation is 1. The number of amides is 1. The van der Waals surface area contributed by atoms with E-state index in [-0.39, 0.29) is 10.9 Å². The molecule has 0 aromatic carbocycles. The summed E-state index contributed by atoms with van der Waals surface area (Å²) in [7, 11) is 0. The Labute approximate surface area is 124 Å². The number of anilines is 1. The summed E-state index contributed by atoms with van der Waals surface area (Å²) in [6.45, 7) is 6.92. The largest absolute Gasteiger partial charge is 0.389 e. The molecule has 0 aliphatic carbocycles. The Hall–Kier alpha value is -1.76. The topological polar surface area (TPSA) is 92.9 Å². The first-order valence-electron chi connectivity index (χ1n) is 6.61. The third-order valence-electron chi connectivity index (χ3n) is 2.92. The zero-order chi connectivity index (χ0) is 15.1. The van der Waals surface area contributed by atoms with Crippen LogP contribution in [0.15, 0.2) is 0 Å². The minimum atomic E-state index is 0.00742. The van der Waals surface area contributed by atoms with E-state index in [4.69, 9.17) is 18.0 Å². The maximum atomic E-state index is 11.5. The summed E-state index contributed by atoms with van der Waals surface area (Å²) in [5.41, 5.74) is 8.12. The molecule has 0 aliphatic heterocycles. The summed E-state index contributed by atoms with van der Waals surface area (Å²) in [5, 5.41) is 14.0. The van der Waals surface area contributed by atoms with Gasteiger partial charge in [0.1, 0.15) is 4.99 Å². The molecule has 20 heavy (non-hydrogen) atoms. The molecule has 1 aromatic heterocycles. The lowest BCUT2D eigenvalue weighted by molar-refractivity contribution is -0.120. The lowest BCUT2D eigenvalue weighted by atomic mass is 10.1. The smallest absolute Gasteiger partial charge is 0.221 e. The number of carbonyl (C=O) groups is 1. The van der Waals surface area contributed by atoms with Crippen molar-refractivity contribution in [3.8, 4) is 0 Å². The summed E-state index contributed by atoms with van der Waals surface area (Å²) in [6, 6.07) is 0. The Morgan fingerprint density at radius 3 is 2.60 bits per heavy atom. The van der Waals surface area contributed by atoms with E-state index in [9.17, 15) is 4.79 Å². The van der Waals surface area contributed by atoms with Crippen LogP contribution in [-0.2, 0) is 4.79 Å². The highest BCUT2D eigenvalue weighted by Crippen LogP contribution is 2.18. The Morgan fingerprint density at radius 1 is 1.30 bits per heavy atom. The quantitative estimate of drug-likeness (QED) is 0.651. The summed E-state index contributed by atoms with van der Waals surface area (Å²) in [4.78, 5) is 11.8. The number of hydrogen-bond donors (Lipinski definition) is 3. The molecular weight excluding hydrogens is 274 g/mol. The predicted molar refractivity (Wildman–Crippen MR) is 83.8 cm³/mol. The van der Waals surface area contributed by atoms with E-state index in [2.05, 4.69) is 20.8 Å². The van der Waals surface area contributed by atoms with Gasteiger partial charge in [0.15, 0.2) is 5.82 Å². The van der Waals surface area contributed by atoms with Crippen molar-refractivity contribution in [2.75, 3.05) is 18.4 Å². The third kappa shape index (κ3) is 4.41. The van der Waals surface area contributed by atoms with Gasteiger partial charge in [0.2, 0.25) is 5.91 Å². The second-order valence-electron chi connectivity index (χ2n) is 4.52. The van der Waals surface area contributed by atoms with E-state index in [1.807, 2.05) is 20.8 Å². The van der Waals surface area contributed by atoms with Crippen molar-refractivity contribution in [2.24, 2.45) is 5.73 Å². The Bertz CT molecular complexity index is 504. The molecular formula is C13H21N5OS. The molecule has 7 heteroatoms. The van der Waals surface area contributed by atoms with Crippen LogP contribution in [-0.4, -0.2) is 34.2 Å². The summed E-state index contributed by atoms with van der Waals surface area (Å²) in [5.74, 6) is 0.539. The molecule has 110 valence electrons. The molecule has 0 atom stereocenters. The molecule has 1 amide bonds. The first kappa shape index (κ1) is 16.3. The van der Waals surface area contributed by atoms with Crippen molar-refractivity contribution in [3.63, 3.8) is 0 Å². The summed E-state index contributed by atoms with van der Waals surface area (Å²) in [6.07, 6.45) is 1.29. The second kappa shape index (κ2) is 7.74. The van der Waals surface area contributed by atoms with Crippen molar-refractivity contribution in [2.45, 2.75) is 33.6 Å². The van der Waals surface area contributed by atoms with Crippen LogP contribution in [0.2, 0.25) is 0 Å². The minimum absolute atomic E-state index is 0.00742. The number of nitrogens with zero attached hydrogens (tertiary/aromatic N) is 2. The van der Waals surface area contributed by atoms with Gasteiger partial charge in [0, 0.05) is 19.5 Å². The third-order valence-corrected chi connectivity index (χ3v) is 3.12. The average Bonchev–Trinajstić information content (AvgIpc) is 2.40. The van der Waals surface area contributed by atoms with E-state index >= 15 is 0 Å². The minimum Gasteiger partial charge on any atom is -0.389 e. The van der Waals surface area contributed by atoms with Gasteiger partial charge in [-0.2, -0.15) is 5.10 Å². The molecule has 0 aliphatic rings. The van der Waals surface area contributed by atoms with Crippen molar-refractivity contribution in [3.05, 3.63) is 16.8 Å². The molecule has 0 radical (unpaired) electrons. The zero-order valence-electron chi connectivity index (χ0n) is 12.1. The van der Waals surface area contributed by atoms with Gasteiger partial charge in [0.25, 0.3) is 0 Å². The first-order chi connectivity index (χ1) is 9.47. The van der Waals surface area contributed by atoms with Crippen LogP contribution in [0.1, 0.15) is 36.6 Å². The Morgan fingerprint density at radius 2 is 2.00 bits per heavy atom. The van der Waals surface area contributed by atoms with E-state index in [1.54, 1.807) is 0 Å². The molecule has 4 N–H and O–H groups in total. The van der Waals surface area contributed by atoms with Gasteiger partial charge in [-0.15, -0.1) is 5.10 Å². The molecule has 0 fully saturated rings. The van der Waals surface area contributed by atoms with Gasteiger partial charge in [-0.05, 0) is 25.8 Å². The van der Waals surface area contributed by atoms with E-state index in [0.29, 0.717) is 30.9 Å². The van der Waals surface area contributed by atoms with Crippen molar-refractivity contribution >= 4 is 28.9 Å². The monoisotopic (exact) mass is 295 g/mol. The maximum Gasteiger partial charge on any atom is 0.221 e. The highest BCUT2D eigenvalue weighted by Gasteiger charge is 2.13. The van der Waals surface area contributed by atoms with Crippen molar-refractivity contribution in [1.82, 2.24) is 15.5 Å². The fourth-order valence-corrected chi connectivity index (χ4v) is 1.93. The fraction of sp³-hybridized carbons (Fsp3) is 0.538. The van der Waals surface area contributed by atoms with Crippen LogP contribution in [0.3, 0.4) is 0 Å². The van der Waals surface area contributed by atoms with Crippen molar-refractivity contribution < 1.29 is 4.79 Å². The van der Waals surface area contributed by atoms with Gasteiger partial charge >= 0.3 is 0 Å². The van der Waals surface area contributed by atoms with Crippen LogP contribution in [0, 0.1) is 13.8 Å². The van der Waals surface area contributed by atoms with Crippen LogP contribution < -0.4 is 16.4 Å². The van der Waals surface area contributed by atoms with Gasteiger partial charge in [-0.25, -0.2) is 0 Å². The number of nitrogens with one attached hydrogen (secondary N) is 2. The van der Waals surface area contributed by atoms with E-state index < -0.39 is 0 Å². The molecule has 0 unspecified atom stereocenters. The molecule has 0 saturated carbocycles. The molecule has 1 aromatic rings. The lowest BCUT2D eigenvalue weighted by Crippen LogP contribution is -2.26. The second-order valence-corrected chi connectivity index (χ2v) is 4.96. The van der Waals surface area contributed by atoms with Gasteiger partial charge in [-0.1, -0.05) is 19.1 Å². The summed E-state index contributed by atoms with van der Waals surface area (Å²) < 4.78 is 0. The van der Waals surface area contributed by atoms with Crippen LogP contribution in [0.5, 0.6) is 0 Å². The number of aromatic nitrogens is 2. The normalized spacial score (nSPS) is 10.2. The molecule has 0 saturated heterocycles. The number of thiocarbonyl (C=S) groups is 1. The predicted octanol–water partition coefficient (Wildman–Crippen LogP) is 1.06. The molecule has 6 nitrogen and oxygen atoms in total. The van der Waals surface area contributed by atoms with Crippen LogP contribution >= 0.6 is 12.2 Å². The highest BCUT2D eigenvalue weighted by atomic mass is 32.1. The number of hydrogen-bond acceptors (Lipinski definition) is 5. The Kier molecular flexibility index (Phi) is 6.30. The van der Waals surface area contributed by atoms with Crippen LogP contribution in [0.25, 0.3) is 0 Å². The number of carbonyl (C=O) groups excluding carboxylic acids is 1. The Balaban J connectivity index is 2.67. The molecule has 1 rings (SSSR count). The molecule has 0 bridgehead atoms. The SMILES string of the molecule is CCCNC(=O)CCNc1nnc(C)c(C)c1C(N)=S. The molecule has 0 spiro atoms. The fourth-order valence-electron chi connectivity index (χ4n) is 1.68. The highest BCUT2D eigenvalue weighted by molar-refractivity contribution is 7.80. The maximum absolute atomic E-state index is 11.5. The number of rotatable bonds is 7. The van der Waals surface area contributed by atoms with Gasteiger partial charge in [-0.3, -0.25) is 4.79 Å².